The molecule has 4 aromatic rings. The molecule has 0 aromatic heterocycles. The fourth-order valence-electron chi connectivity index (χ4n) is 7.39. The number of halogens is 4. The maximum Gasteiger partial charge on any atom is -0.172 e. The Labute approximate surface area is 323 Å². The molecule has 4 aromatic carbocycles. The normalized spacial score (nSPS) is 16.5. The van der Waals surface area contributed by atoms with Gasteiger partial charge in [-0.15, -0.1) is 5.56 Å². The van der Waals surface area contributed by atoms with Crippen molar-refractivity contribution < 1.29 is 49.0 Å². The first-order valence-electron chi connectivity index (χ1n) is 16.0. The van der Waals surface area contributed by atoms with Crippen molar-refractivity contribution in [2.75, 3.05) is 0 Å². The number of rotatable bonds is 2. The van der Waals surface area contributed by atoms with Crippen LogP contribution < -0.4 is 35.3 Å². The van der Waals surface area contributed by atoms with E-state index in [1.165, 1.54) is 65.7 Å². The van der Waals surface area contributed by atoms with Gasteiger partial charge >= 0.3 is 120 Å². The average molecular weight is 790 g/mol. The Balaban J connectivity index is 0.000000195. The zero-order valence-corrected chi connectivity index (χ0v) is 33.8. The largest absolute Gasteiger partial charge is 1.00 e. The van der Waals surface area contributed by atoms with E-state index in [4.69, 9.17) is 23.2 Å². The van der Waals surface area contributed by atoms with E-state index in [0.29, 0.717) is 0 Å². The molecule has 8 rings (SSSR count). The summed E-state index contributed by atoms with van der Waals surface area (Å²) in [5.41, 5.74) is 15.2. The van der Waals surface area contributed by atoms with Crippen molar-refractivity contribution in [2.45, 2.75) is 59.8 Å². The second-order valence-corrected chi connectivity index (χ2v) is 16.1. The van der Waals surface area contributed by atoms with E-state index in [-0.39, 0.29) is 35.6 Å². The molecule has 0 N–H and O–H groups in total. The number of allylic oxidation sites excluding steroid dienone is 6. The van der Waals surface area contributed by atoms with Crippen LogP contribution in [0.3, 0.4) is 0 Å². The molecule has 0 fully saturated rings. The fraction of sp³-hybridized carbons (Fsp3) is 0.233. The molecule has 0 amide bonds. The van der Waals surface area contributed by atoms with E-state index in [1.54, 1.807) is 27.8 Å². The van der Waals surface area contributed by atoms with Gasteiger partial charge < -0.3 is 24.8 Å². The van der Waals surface area contributed by atoms with Crippen LogP contribution in [0, 0.1) is 11.8 Å². The fourth-order valence-corrected chi connectivity index (χ4v) is 8.46. The van der Waals surface area contributed by atoms with Crippen LogP contribution in [0.1, 0.15) is 81.3 Å². The molecule has 4 aliphatic carbocycles. The van der Waals surface area contributed by atoms with Crippen LogP contribution in [0.5, 0.6) is 0 Å². The van der Waals surface area contributed by atoms with Gasteiger partial charge in [0.15, 0.2) is 0 Å². The maximum atomic E-state index is 5.86. The molecule has 0 aliphatic heterocycles. The molecule has 0 atom stereocenters. The van der Waals surface area contributed by atoms with Crippen molar-refractivity contribution >= 4 is 49.2 Å². The van der Waals surface area contributed by atoms with Crippen molar-refractivity contribution in [3.63, 3.8) is 0 Å². The van der Waals surface area contributed by atoms with Gasteiger partial charge in [0.05, 0.1) is 0 Å². The van der Waals surface area contributed by atoms with Gasteiger partial charge in [0, 0.05) is 0 Å². The molecule has 48 heavy (non-hydrogen) atoms. The molecule has 0 radical (unpaired) electrons. The van der Waals surface area contributed by atoms with Gasteiger partial charge in [-0.1, -0.05) is 75.1 Å². The van der Waals surface area contributed by atoms with Gasteiger partial charge in [-0.2, -0.15) is 23.4 Å². The molecule has 0 bridgehead atoms. The first kappa shape index (κ1) is 38.6. The monoisotopic (exact) mass is 786 g/mol. The summed E-state index contributed by atoms with van der Waals surface area (Å²) in [5.74, 6) is 0. The Morgan fingerprint density at radius 1 is 0.792 bits per heavy atom. The Kier molecular flexibility index (Phi) is 12.3. The van der Waals surface area contributed by atoms with Crippen LogP contribution in [-0.2, 0) is 36.1 Å². The number of hydrogen-bond donors (Lipinski definition) is 0. The van der Waals surface area contributed by atoms with Crippen LogP contribution in [0.15, 0.2) is 103 Å². The summed E-state index contributed by atoms with van der Waals surface area (Å²) in [4.78, 5) is 0. The smallest absolute Gasteiger partial charge is 0.172 e. The number of benzene rings is 3. The van der Waals surface area contributed by atoms with E-state index < -0.39 is 0 Å². The standard InChI is InChI=1S/C25H27.C13H8Cl2.C5H5.2ClH.Zr/c1-14-7-8-17-20(14)22-18(23-21(17)15(2)12-25(23,5)6)11-16-9-10-24(3,4)13-19(16)22;14-12-5-1-10(2-6-12)9-11-3-7-13(15)8-4-11;1-2-4-5-3-1;;;/h7-10,12H,11,13H2,1-6H3;1-8H;1-5H;2*1H;/q-1;;-1;;;+2/p-2. The van der Waals surface area contributed by atoms with Gasteiger partial charge in [-0.3, -0.25) is 0 Å². The van der Waals surface area contributed by atoms with Gasteiger partial charge in [0.25, 0.3) is 0 Å². The third-order valence-corrected chi connectivity index (χ3v) is 11.3. The van der Waals surface area contributed by atoms with E-state index >= 15 is 0 Å². The number of fused-ring (bicyclic) bond motifs is 7. The maximum absolute atomic E-state index is 5.86. The summed E-state index contributed by atoms with van der Waals surface area (Å²) < 4.78 is 1.31. The third-order valence-electron chi connectivity index (χ3n) is 9.40. The minimum absolute atomic E-state index is 0. The molecule has 0 spiro atoms. The van der Waals surface area contributed by atoms with Crippen LogP contribution in [-0.4, -0.2) is 3.21 Å². The first-order chi connectivity index (χ1) is 21.9. The minimum atomic E-state index is 0. The van der Waals surface area contributed by atoms with Gasteiger partial charge in [-0.25, -0.2) is 24.1 Å². The molecule has 0 unspecified atom stereocenters. The summed E-state index contributed by atoms with van der Waals surface area (Å²) in [6.45, 7) is 14.1. The molecule has 0 saturated heterocycles. The van der Waals surface area contributed by atoms with Crippen LogP contribution in [0.2, 0.25) is 10.0 Å². The van der Waals surface area contributed by atoms with E-state index in [2.05, 4.69) is 72.3 Å². The predicted octanol–water partition coefficient (Wildman–Crippen LogP) is 4.37. The zero-order chi connectivity index (χ0) is 32.8. The zero-order valence-electron chi connectivity index (χ0n) is 28.3. The van der Waals surface area contributed by atoms with Crippen LogP contribution in [0.4, 0.5) is 0 Å². The summed E-state index contributed by atoms with van der Waals surface area (Å²) in [6.07, 6.45) is 14.3. The van der Waals surface area contributed by atoms with Crippen molar-refractivity contribution in [3.05, 3.63) is 163 Å². The molecule has 246 valence electrons. The Morgan fingerprint density at radius 2 is 1.35 bits per heavy atom. The number of hydrogen-bond acceptors (Lipinski definition) is 0. The molecular weight excluding hydrogens is 750 g/mol. The second-order valence-electron chi connectivity index (χ2n) is 14.0. The van der Waals surface area contributed by atoms with E-state index in [1.807, 2.05) is 78.9 Å². The summed E-state index contributed by atoms with van der Waals surface area (Å²) in [5, 5.41) is 4.54. The van der Waals surface area contributed by atoms with Gasteiger partial charge in [0.1, 0.15) is 0 Å². The van der Waals surface area contributed by atoms with Crippen LogP contribution >= 0.6 is 23.2 Å². The Bertz CT molecular complexity index is 1970. The van der Waals surface area contributed by atoms with Crippen molar-refractivity contribution in [1.82, 2.24) is 0 Å². The second kappa shape index (κ2) is 15.3. The Morgan fingerprint density at radius 3 is 1.88 bits per heavy atom. The topological polar surface area (TPSA) is 0 Å². The van der Waals surface area contributed by atoms with Gasteiger partial charge in [-0.05, 0) is 53.0 Å². The Hall–Kier alpha value is -2.25. The molecule has 5 heteroatoms. The average Bonchev–Trinajstić information content (AvgIpc) is 3.81. The summed E-state index contributed by atoms with van der Waals surface area (Å²) in [7, 11) is 0. The van der Waals surface area contributed by atoms with E-state index in [9.17, 15) is 0 Å². The molecule has 0 saturated carbocycles. The minimum Gasteiger partial charge on any atom is -1.00 e. The first-order valence-corrected chi connectivity index (χ1v) is 18.0. The molecular formula is C43H40Cl4Zr-2. The van der Waals surface area contributed by atoms with Crippen molar-refractivity contribution in [1.29, 1.82) is 0 Å². The molecule has 4 aliphatic rings. The quantitative estimate of drug-likeness (QED) is 0.265. The molecule has 0 heterocycles. The van der Waals surface area contributed by atoms with Gasteiger partial charge in [0.2, 0.25) is 0 Å². The SMILES string of the molecule is CC1=CC=c2c1c1c(c3c2=C(C)[CH-]C3(C)C)CC2=C1CC(C)(C)C=C2.Clc1ccc([C](=[Zr+2])c2ccc(Cl)cc2)cc1.[Cl-].[Cl-].c1cc[cH-]c1. The summed E-state index contributed by atoms with van der Waals surface area (Å²) in [6, 6.07) is 25.8. The van der Waals surface area contributed by atoms with Crippen molar-refractivity contribution in [3.8, 4) is 0 Å². The van der Waals surface area contributed by atoms with E-state index in [0.717, 1.165) is 22.9 Å². The third kappa shape index (κ3) is 7.72. The molecule has 0 nitrogen and oxygen atoms in total. The predicted molar refractivity (Wildman–Crippen MR) is 197 cm³/mol. The van der Waals surface area contributed by atoms with Crippen molar-refractivity contribution in [2.24, 2.45) is 5.41 Å². The summed E-state index contributed by atoms with van der Waals surface area (Å²) >= 11 is 13.1. The van der Waals surface area contributed by atoms with Crippen LogP contribution in [0.25, 0.3) is 22.8 Å².